The lowest BCUT2D eigenvalue weighted by Crippen LogP contribution is -2.14. The van der Waals surface area contributed by atoms with Gasteiger partial charge in [-0.3, -0.25) is 0 Å². The van der Waals surface area contributed by atoms with E-state index in [4.69, 9.17) is 0 Å². The fourth-order valence-electron chi connectivity index (χ4n) is 3.11. The topological polar surface area (TPSA) is 29.9 Å². The van der Waals surface area contributed by atoms with Crippen LogP contribution in [0.4, 0.5) is 16.0 Å². The van der Waals surface area contributed by atoms with Crippen molar-refractivity contribution in [1.29, 1.82) is 0 Å². The van der Waals surface area contributed by atoms with Crippen LogP contribution in [0.3, 0.4) is 0 Å². The fourth-order valence-corrected chi connectivity index (χ4v) is 3.11. The minimum absolute atomic E-state index is 0.188. The Hall–Kier alpha value is -1.84. The van der Waals surface area contributed by atoms with Gasteiger partial charge in [-0.05, 0) is 38.8 Å². The Bertz CT molecular complexity index is 627. The van der Waals surface area contributed by atoms with Gasteiger partial charge in [-0.15, -0.1) is 0 Å². The monoisotopic (exact) mass is 287 g/mol. The summed E-state index contributed by atoms with van der Waals surface area (Å²) in [5.41, 5.74) is 2.42. The predicted octanol–water partition coefficient (Wildman–Crippen LogP) is 4.89. The van der Waals surface area contributed by atoms with Crippen molar-refractivity contribution in [3.63, 3.8) is 0 Å². The van der Waals surface area contributed by atoms with Crippen LogP contribution in [-0.4, -0.2) is 9.55 Å². The molecule has 21 heavy (non-hydrogen) atoms. The number of nitrogens with zero attached hydrogens (tertiary/aromatic N) is 2. The summed E-state index contributed by atoms with van der Waals surface area (Å²) in [7, 11) is 0. The number of halogens is 1. The molecule has 1 aliphatic carbocycles. The van der Waals surface area contributed by atoms with E-state index in [1.807, 2.05) is 13.0 Å². The van der Waals surface area contributed by atoms with Crippen LogP contribution in [0.25, 0.3) is 0 Å². The van der Waals surface area contributed by atoms with Crippen LogP contribution in [-0.2, 0) is 0 Å². The lowest BCUT2D eigenvalue weighted by atomic mass is 9.95. The highest BCUT2D eigenvalue weighted by Gasteiger charge is 2.19. The first-order valence-corrected chi connectivity index (χ1v) is 7.73. The van der Waals surface area contributed by atoms with E-state index in [1.54, 1.807) is 13.0 Å². The summed E-state index contributed by atoms with van der Waals surface area (Å²) in [6.07, 6.45) is 8.39. The van der Waals surface area contributed by atoms with Crippen molar-refractivity contribution in [3.05, 3.63) is 41.5 Å². The molecule has 1 heterocycles. The van der Waals surface area contributed by atoms with Crippen LogP contribution < -0.4 is 5.32 Å². The lowest BCUT2D eigenvalue weighted by Gasteiger charge is -2.25. The average Bonchev–Trinajstić information content (AvgIpc) is 2.86. The maximum Gasteiger partial charge on any atom is 0.207 e. The van der Waals surface area contributed by atoms with Crippen molar-refractivity contribution in [1.82, 2.24) is 9.55 Å². The second-order valence-electron chi connectivity index (χ2n) is 5.94. The van der Waals surface area contributed by atoms with Crippen LogP contribution in [0, 0.1) is 19.7 Å². The lowest BCUT2D eigenvalue weighted by molar-refractivity contribution is 0.356. The standard InChI is InChI=1S/C17H22FN3/c1-12-11-21(14-7-4-3-5-8-14)17(19-12)20-16-10-6-9-15(18)13(16)2/h6,9-11,14H,3-5,7-8H2,1-2H3,(H,19,20). The molecule has 0 bridgehead atoms. The molecule has 1 aromatic heterocycles. The van der Waals surface area contributed by atoms with E-state index in [-0.39, 0.29) is 5.82 Å². The Kier molecular flexibility index (Phi) is 3.95. The number of hydrogen-bond acceptors (Lipinski definition) is 2. The van der Waals surface area contributed by atoms with Gasteiger partial charge in [0.25, 0.3) is 0 Å². The third-order valence-corrected chi connectivity index (χ3v) is 4.33. The van der Waals surface area contributed by atoms with E-state index in [1.165, 1.54) is 38.2 Å². The molecule has 3 rings (SSSR count). The first-order chi connectivity index (χ1) is 10.1. The molecule has 0 atom stereocenters. The number of aromatic nitrogens is 2. The molecule has 0 saturated heterocycles. The number of imidazole rings is 1. The van der Waals surface area contributed by atoms with Gasteiger partial charge in [-0.1, -0.05) is 25.3 Å². The molecule has 1 N–H and O–H groups in total. The van der Waals surface area contributed by atoms with Gasteiger partial charge in [-0.2, -0.15) is 0 Å². The van der Waals surface area contributed by atoms with Crippen molar-refractivity contribution < 1.29 is 4.39 Å². The molecule has 0 spiro atoms. The van der Waals surface area contributed by atoms with Crippen molar-refractivity contribution in [3.8, 4) is 0 Å². The zero-order chi connectivity index (χ0) is 14.8. The Morgan fingerprint density at radius 3 is 2.71 bits per heavy atom. The SMILES string of the molecule is Cc1cn(C2CCCCC2)c(Nc2cccc(F)c2C)n1. The maximum absolute atomic E-state index is 13.7. The number of anilines is 2. The largest absolute Gasteiger partial charge is 0.325 e. The molecule has 112 valence electrons. The van der Waals surface area contributed by atoms with E-state index < -0.39 is 0 Å². The van der Waals surface area contributed by atoms with Gasteiger partial charge in [0.2, 0.25) is 5.95 Å². The quantitative estimate of drug-likeness (QED) is 0.871. The molecule has 0 aliphatic heterocycles. The van der Waals surface area contributed by atoms with E-state index in [9.17, 15) is 4.39 Å². The smallest absolute Gasteiger partial charge is 0.207 e. The summed E-state index contributed by atoms with van der Waals surface area (Å²) in [6, 6.07) is 5.62. The molecule has 1 fully saturated rings. The highest BCUT2D eigenvalue weighted by molar-refractivity contribution is 5.59. The van der Waals surface area contributed by atoms with Gasteiger partial charge < -0.3 is 9.88 Å². The Labute approximate surface area is 125 Å². The highest BCUT2D eigenvalue weighted by atomic mass is 19.1. The first-order valence-electron chi connectivity index (χ1n) is 7.73. The third kappa shape index (κ3) is 2.94. The zero-order valence-electron chi connectivity index (χ0n) is 12.7. The molecule has 1 saturated carbocycles. The summed E-state index contributed by atoms with van der Waals surface area (Å²) in [5, 5.41) is 3.31. The molecule has 4 heteroatoms. The van der Waals surface area contributed by atoms with Gasteiger partial charge >= 0.3 is 0 Å². The molecule has 0 amide bonds. The molecular formula is C17H22FN3. The average molecular weight is 287 g/mol. The van der Waals surface area contributed by atoms with Crippen LogP contribution >= 0.6 is 0 Å². The Morgan fingerprint density at radius 2 is 1.95 bits per heavy atom. The molecule has 1 aromatic carbocycles. The van der Waals surface area contributed by atoms with Crippen LogP contribution in [0.1, 0.15) is 49.4 Å². The highest BCUT2D eigenvalue weighted by Crippen LogP contribution is 2.32. The van der Waals surface area contributed by atoms with Gasteiger partial charge in [-0.25, -0.2) is 9.37 Å². The molecule has 3 nitrogen and oxygen atoms in total. The molecular weight excluding hydrogens is 265 g/mol. The fraction of sp³-hybridized carbons (Fsp3) is 0.471. The van der Waals surface area contributed by atoms with Gasteiger partial charge in [0.05, 0.1) is 5.69 Å². The minimum atomic E-state index is -0.188. The number of rotatable bonds is 3. The number of nitrogens with one attached hydrogen (secondary N) is 1. The summed E-state index contributed by atoms with van der Waals surface area (Å²) in [6.45, 7) is 3.79. The van der Waals surface area contributed by atoms with Crippen molar-refractivity contribution in [2.24, 2.45) is 0 Å². The zero-order valence-corrected chi connectivity index (χ0v) is 12.7. The van der Waals surface area contributed by atoms with Gasteiger partial charge in [0, 0.05) is 23.5 Å². The van der Waals surface area contributed by atoms with Crippen LogP contribution in [0.5, 0.6) is 0 Å². The van der Waals surface area contributed by atoms with E-state index >= 15 is 0 Å². The van der Waals surface area contributed by atoms with E-state index in [0.29, 0.717) is 11.6 Å². The molecule has 0 unspecified atom stereocenters. The third-order valence-electron chi connectivity index (χ3n) is 4.33. The summed E-state index contributed by atoms with van der Waals surface area (Å²) in [4.78, 5) is 4.58. The number of benzene rings is 1. The summed E-state index contributed by atoms with van der Waals surface area (Å²) >= 11 is 0. The maximum atomic E-state index is 13.7. The van der Waals surface area contributed by atoms with E-state index in [0.717, 1.165) is 17.3 Å². The second-order valence-corrected chi connectivity index (χ2v) is 5.94. The van der Waals surface area contributed by atoms with Crippen molar-refractivity contribution >= 4 is 11.6 Å². The van der Waals surface area contributed by atoms with Gasteiger partial charge in [0.15, 0.2) is 0 Å². The number of aryl methyl sites for hydroxylation is 1. The first kappa shape index (κ1) is 14.1. The van der Waals surface area contributed by atoms with Crippen molar-refractivity contribution in [2.75, 3.05) is 5.32 Å². The minimum Gasteiger partial charge on any atom is -0.325 e. The molecule has 1 aliphatic rings. The number of hydrogen-bond donors (Lipinski definition) is 1. The van der Waals surface area contributed by atoms with Crippen LogP contribution in [0.15, 0.2) is 24.4 Å². The van der Waals surface area contributed by atoms with E-state index in [2.05, 4.69) is 21.1 Å². The van der Waals surface area contributed by atoms with Crippen molar-refractivity contribution in [2.45, 2.75) is 52.0 Å². The molecule has 2 aromatic rings. The Morgan fingerprint density at radius 1 is 1.19 bits per heavy atom. The Balaban J connectivity index is 1.89. The predicted molar refractivity (Wildman–Crippen MR) is 83.5 cm³/mol. The second kappa shape index (κ2) is 5.88. The summed E-state index contributed by atoms with van der Waals surface area (Å²) in [5.74, 6) is 0.639. The normalized spacial score (nSPS) is 16.1. The molecule has 0 radical (unpaired) electrons. The van der Waals surface area contributed by atoms with Crippen LogP contribution in [0.2, 0.25) is 0 Å². The van der Waals surface area contributed by atoms with Gasteiger partial charge in [0.1, 0.15) is 5.82 Å². The summed E-state index contributed by atoms with van der Waals surface area (Å²) < 4.78 is 15.9.